The summed E-state index contributed by atoms with van der Waals surface area (Å²) in [5, 5.41) is 14.5. The van der Waals surface area contributed by atoms with Gasteiger partial charge in [0.15, 0.2) is 0 Å². The fourth-order valence-electron chi connectivity index (χ4n) is 3.38. The third-order valence-electron chi connectivity index (χ3n) is 4.89. The predicted octanol–water partition coefficient (Wildman–Crippen LogP) is 0.903. The zero-order valence-corrected chi connectivity index (χ0v) is 16.3. The van der Waals surface area contributed by atoms with Gasteiger partial charge < -0.3 is 15.0 Å². The Morgan fingerprint density at radius 3 is 2.93 bits per heavy atom. The summed E-state index contributed by atoms with van der Waals surface area (Å²) in [5.41, 5.74) is 0.956. The van der Waals surface area contributed by atoms with Crippen LogP contribution in [0, 0.1) is 6.92 Å². The Morgan fingerprint density at radius 1 is 1.39 bits per heavy atom. The average molecular weight is 386 g/mol. The topological polar surface area (TPSA) is 102 Å². The van der Waals surface area contributed by atoms with Crippen LogP contribution in [-0.4, -0.2) is 63.7 Å². The van der Waals surface area contributed by atoms with Gasteiger partial charge in [0.05, 0.1) is 7.11 Å². The van der Waals surface area contributed by atoms with E-state index in [0.717, 1.165) is 30.7 Å². The zero-order chi connectivity index (χ0) is 19.9. The van der Waals surface area contributed by atoms with Crippen LogP contribution in [0.3, 0.4) is 0 Å². The number of aryl methyl sites for hydroxylation is 1. The monoisotopic (exact) mass is 386 g/mol. The van der Waals surface area contributed by atoms with Crippen molar-refractivity contribution in [2.45, 2.75) is 38.6 Å². The maximum atomic E-state index is 12.9. The first-order valence-corrected chi connectivity index (χ1v) is 9.51. The fourth-order valence-corrected chi connectivity index (χ4v) is 3.38. The average Bonchev–Trinajstić information content (AvgIpc) is 3.31. The molecule has 1 fully saturated rings. The highest BCUT2D eigenvalue weighted by molar-refractivity contribution is 5.80. The highest BCUT2D eigenvalue weighted by Gasteiger charge is 2.24. The highest BCUT2D eigenvalue weighted by Crippen LogP contribution is 2.19. The fraction of sp³-hybridized carbons (Fsp3) is 0.526. The van der Waals surface area contributed by atoms with E-state index in [2.05, 4.69) is 20.8 Å². The molecule has 0 spiro atoms. The van der Waals surface area contributed by atoms with Crippen LogP contribution in [0.1, 0.15) is 36.7 Å². The molecule has 1 N–H and O–H groups in total. The van der Waals surface area contributed by atoms with Crippen molar-refractivity contribution in [2.24, 2.45) is 0 Å². The smallest absolute Gasteiger partial charge is 0.245 e. The molecule has 1 aromatic carbocycles. The molecule has 1 unspecified atom stereocenters. The van der Waals surface area contributed by atoms with Gasteiger partial charge in [0.25, 0.3) is 0 Å². The van der Waals surface area contributed by atoms with Gasteiger partial charge in [-0.2, -0.15) is 0 Å². The highest BCUT2D eigenvalue weighted by atomic mass is 16.5. The first kappa shape index (κ1) is 19.8. The summed E-state index contributed by atoms with van der Waals surface area (Å²) in [6.45, 7) is 3.75. The lowest BCUT2D eigenvalue weighted by molar-refractivity contribution is -0.127. The summed E-state index contributed by atoms with van der Waals surface area (Å²) in [7, 11) is 1.61. The number of tetrazole rings is 1. The minimum atomic E-state index is -0.560. The van der Waals surface area contributed by atoms with Crippen molar-refractivity contribution in [1.29, 1.82) is 0 Å². The summed E-state index contributed by atoms with van der Waals surface area (Å²) in [4.78, 5) is 26.4. The van der Waals surface area contributed by atoms with Crippen LogP contribution >= 0.6 is 0 Å². The SMILES string of the molecule is COc1cccc(CC(C(=O)NCCCN2CCCC2=O)n2nnnc2C)c1. The van der Waals surface area contributed by atoms with Gasteiger partial charge in [-0.3, -0.25) is 9.59 Å². The Morgan fingerprint density at radius 2 is 2.25 bits per heavy atom. The second-order valence-electron chi connectivity index (χ2n) is 6.87. The number of carbonyl (C=O) groups is 2. The van der Waals surface area contributed by atoms with E-state index in [1.54, 1.807) is 18.7 Å². The van der Waals surface area contributed by atoms with E-state index in [-0.39, 0.29) is 11.8 Å². The molecule has 3 rings (SSSR count). The molecule has 0 radical (unpaired) electrons. The van der Waals surface area contributed by atoms with Crippen molar-refractivity contribution in [3.05, 3.63) is 35.7 Å². The molecular weight excluding hydrogens is 360 g/mol. The lowest BCUT2D eigenvalue weighted by atomic mass is 10.0. The number of amides is 2. The predicted molar refractivity (Wildman–Crippen MR) is 102 cm³/mol. The lowest BCUT2D eigenvalue weighted by Crippen LogP contribution is -2.37. The standard InChI is InChI=1S/C19H26N6O3/c1-14-21-22-23-25(14)17(13-15-6-3-7-16(12-15)28-2)19(27)20-9-5-11-24-10-4-8-18(24)26/h3,6-7,12,17H,4-5,8-11,13H2,1-2H3,(H,20,27). The summed E-state index contributed by atoms with van der Waals surface area (Å²) in [6, 6.07) is 7.04. The van der Waals surface area contributed by atoms with Crippen molar-refractivity contribution in [2.75, 3.05) is 26.7 Å². The first-order chi connectivity index (χ1) is 13.6. The van der Waals surface area contributed by atoms with Gasteiger partial charge in [-0.15, -0.1) is 5.10 Å². The van der Waals surface area contributed by atoms with Crippen molar-refractivity contribution in [3.8, 4) is 5.75 Å². The summed E-state index contributed by atoms with van der Waals surface area (Å²) >= 11 is 0. The molecule has 2 aromatic rings. The van der Waals surface area contributed by atoms with Gasteiger partial charge in [0, 0.05) is 32.5 Å². The molecule has 1 saturated heterocycles. The van der Waals surface area contributed by atoms with Crippen molar-refractivity contribution >= 4 is 11.8 Å². The van der Waals surface area contributed by atoms with E-state index in [0.29, 0.717) is 31.8 Å². The molecule has 0 saturated carbocycles. The third kappa shape index (κ3) is 4.85. The molecule has 9 nitrogen and oxygen atoms in total. The molecule has 1 atom stereocenters. The van der Waals surface area contributed by atoms with Crippen LogP contribution in [0.4, 0.5) is 0 Å². The van der Waals surface area contributed by atoms with E-state index >= 15 is 0 Å². The van der Waals surface area contributed by atoms with E-state index in [1.807, 2.05) is 29.2 Å². The number of methoxy groups -OCH3 is 1. The number of ether oxygens (including phenoxy) is 1. The lowest BCUT2D eigenvalue weighted by Gasteiger charge is -2.19. The van der Waals surface area contributed by atoms with Crippen molar-refractivity contribution < 1.29 is 14.3 Å². The number of nitrogens with one attached hydrogen (secondary N) is 1. The Balaban J connectivity index is 1.62. The number of hydrogen-bond donors (Lipinski definition) is 1. The zero-order valence-electron chi connectivity index (χ0n) is 16.3. The van der Waals surface area contributed by atoms with Gasteiger partial charge >= 0.3 is 0 Å². The molecule has 28 heavy (non-hydrogen) atoms. The quantitative estimate of drug-likeness (QED) is 0.643. The summed E-state index contributed by atoms with van der Waals surface area (Å²) in [5.74, 6) is 1.36. The largest absolute Gasteiger partial charge is 0.497 e. The van der Waals surface area contributed by atoms with Gasteiger partial charge in [0.2, 0.25) is 11.8 Å². The number of nitrogens with zero attached hydrogens (tertiary/aromatic N) is 5. The molecule has 2 amide bonds. The molecule has 2 heterocycles. The van der Waals surface area contributed by atoms with Crippen LogP contribution < -0.4 is 10.1 Å². The molecule has 0 aliphatic carbocycles. The van der Waals surface area contributed by atoms with Gasteiger partial charge in [-0.1, -0.05) is 12.1 Å². The molecular formula is C19H26N6O3. The maximum absolute atomic E-state index is 12.9. The molecule has 1 aliphatic heterocycles. The van der Waals surface area contributed by atoms with Gasteiger partial charge in [-0.05, 0) is 47.9 Å². The molecule has 1 aliphatic rings. The van der Waals surface area contributed by atoms with Gasteiger partial charge in [-0.25, -0.2) is 4.68 Å². The van der Waals surface area contributed by atoms with Crippen LogP contribution in [0.25, 0.3) is 0 Å². The normalized spacial score (nSPS) is 14.9. The van der Waals surface area contributed by atoms with E-state index in [9.17, 15) is 9.59 Å². The number of benzene rings is 1. The first-order valence-electron chi connectivity index (χ1n) is 9.51. The van der Waals surface area contributed by atoms with Crippen LogP contribution in [0.15, 0.2) is 24.3 Å². The Kier molecular flexibility index (Phi) is 6.57. The second kappa shape index (κ2) is 9.29. The summed E-state index contributed by atoms with van der Waals surface area (Å²) in [6.07, 6.45) is 2.72. The van der Waals surface area contributed by atoms with Crippen LogP contribution in [-0.2, 0) is 16.0 Å². The van der Waals surface area contributed by atoms with E-state index in [4.69, 9.17) is 4.74 Å². The number of hydrogen-bond acceptors (Lipinski definition) is 6. The number of rotatable bonds is 9. The number of carbonyl (C=O) groups excluding carboxylic acids is 2. The van der Waals surface area contributed by atoms with E-state index < -0.39 is 6.04 Å². The minimum Gasteiger partial charge on any atom is -0.497 e. The Bertz CT molecular complexity index is 822. The molecule has 150 valence electrons. The molecule has 1 aromatic heterocycles. The van der Waals surface area contributed by atoms with Crippen LogP contribution in [0.5, 0.6) is 5.75 Å². The number of likely N-dealkylation sites (tertiary alicyclic amines) is 1. The van der Waals surface area contributed by atoms with Gasteiger partial charge in [0.1, 0.15) is 17.6 Å². The number of aromatic nitrogens is 4. The Labute approximate surface area is 164 Å². The van der Waals surface area contributed by atoms with Crippen molar-refractivity contribution in [3.63, 3.8) is 0 Å². The Hall–Kier alpha value is -2.97. The molecule has 9 heteroatoms. The minimum absolute atomic E-state index is 0.147. The van der Waals surface area contributed by atoms with E-state index in [1.165, 1.54) is 0 Å². The van der Waals surface area contributed by atoms with Crippen LogP contribution in [0.2, 0.25) is 0 Å². The third-order valence-corrected chi connectivity index (χ3v) is 4.89. The summed E-state index contributed by atoms with van der Waals surface area (Å²) < 4.78 is 6.81. The van der Waals surface area contributed by atoms with Crippen molar-refractivity contribution in [1.82, 2.24) is 30.4 Å². The second-order valence-corrected chi connectivity index (χ2v) is 6.87. The molecule has 0 bridgehead atoms. The maximum Gasteiger partial charge on any atom is 0.245 e.